The van der Waals surface area contributed by atoms with E-state index in [1.54, 1.807) is 0 Å². The number of aliphatic hydroxyl groups is 2. The molecule has 2 saturated carbocycles. The summed E-state index contributed by atoms with van der Waals surface area (Å²) in [5.74, 6) is 0.923. The van der Waals surface area contributed by atoms with E-state index < -0.39 is 16.9 Å². The molecule has 0 aromatic heterocycles. The number of rotatable bonds is 5. The van der Waals surface area contributed by atoms with Crippen LogP contribution in [0.4, 0.5) is 0 Å². The molecule has 0 amide bonds. The summed E-state index contributed by atoms with van der Waals surface area (Å²) in [6.45, 7) is 2.33. The standard InChI is InChI=1S/C22H31NO3/c24-16-22-12-19(25)11-21(20(22)26,10-17-6-2-1-3-7-17)14-23(15-22)13-18-8-4-5-9-18/h1-3,6-7,18,20,24,26H,4-5,8-16H2. The zero-order chi connectivity index (χ0) is 18.2. The normalized spacial score (nSPS) is 35.8. The molecule has 1 aromatic carbocycles. The lowest BCUT2D eigenvalue weighted by Crippen LogP contribution is -2.68. The van der Waals surface area contributed by atoms with Gasteiger partial charge in [-0.05, 0) is 30.7 Å². The van der Waals surface area contributed by atoms with E-state index in [1.165, 1.54) is 25.7 Å². The highest BCUT2D eigenvalue weighted by Crippen LogP contribution is 2.51. The van der Waals surface area contributed by atoms with Crippen molar-refractivity contribution in [1.82, 2.24) is 4.90 Å². The smallest absolute Gasteiger partial charge is 0.134 e. The van der Waals surface area contributed by atoms with Gasteiger partial charge >= 0.3 is 0 Å². The number of hydrogen-bond donors (Lipinski definition) is 2. The van der Waals surface area contributed by atoms with Crippen molar-refractivity contribution in [1.29, 1.82) is 0 Å². The number of nitrogens with zero attached hydrogens (tertiary/aromatic N) is 1. The van der Waals surface area contributed by atoms with E-state index in [-0.39, 0.29) is 12.4 Å². The third-order valence-corrected chi connectivity index (χ3v) is 7.04. The number of Topliss-reactive ketones (excluding diaryl/α,β-unsaturated/α-hetero) is 1. The summed E-state index contributed by atoms with van der Waals surface area (Å²) >= 11 is 0. The summed E-state index contributed by atoms with van der Waals surface area (Å²) in [5, 5.41) is 21.5. The van der Waals surface area contributed by atoms with Crippen LogP contribution < -0.4 is 0 Å². The van der Waals surface area contributed by atoms with Crippen LogP contribution in [0.2, 0.25) is 0 Å². The van der Waals surface area contributed by atoms with Gasteiger partial charge in [-0.2, -0.15) is 0 Å². The summed E-state index contributed by atoms with van der Waals surface area (Å²) in [7, 11) is 0. The first kappa shape index (κ1) is 18.1. The summed E-state index contributed by atoms with van der Waals surface area (Å²) in [6.07, 6.45) is 6.02. The summed E-state index contributed by atoms with van der Waals surface area (Å²) in [5.41, 5.74) is -0.00662. The van der Waals surface area contributed by atoms with Crippen molar-refractivity contribution in [3.05, 3.63) is 35.9 Å². The van der Waals surface area contributed by atoms with Crippen molar-refractivity contribution in [2.45, 2.75) is 51.0 Å². The summed E-state index contributed by atoms with van der Waals surface area (Å²) in [6, 6.07) is 10.2. The van der Waals surface area contributed by atoms with Crippen LogP contribution in [0.25, 0.3) is 0 Å². The lowest BCUT2D eigenvalue weighted by molar-refractivity contribution is -0.187. The zero-order valence-electron chi connectivity index (χ0n) is 15.6. The van der Waals surface area contributed by atoms with E-state index in [9.17, 15) is 15.0 Å². The van der Waals surface area contributed by atoms with Crippen LogP contribution in [0.5, 0.6) is 0 Å². The molecule has 142 valence electrons. The lowest BCUT2D eigenvalue weighted by Gasteiger charge is -2.58. The molecule has 1 saturated heterocycles. The molecular weight excluding hydrogens is 326 g/mol. The highest BCUT2D eigenvalue weighted by molar-refractivity contribution is 5.81. The van der Waals surface area contributed by atoms with Gasteiger partial charge in [-0.25, -0.2) is 0 Å². The quantitative estimate of drug-likeness (QED) is 0.850. The largest absolute Gasteiger partial charge is 0.396 e. The molecule has 2 bridgehead atoms. The van der Waals surface area contributed by atoms with Gasteiger partial charge in [0, 0.05) is 43.3 Å². The van der Waals surface area contributed by atoms with Crippen molar-refractivity contribution in [2.75, 3.05) is 26.2 Å². The average molecular weight is 357 g/mol. The first-order valence-corrected chi connectivity index (χ1v) is 10.1. The zero-order valence-corrected chi connectivity index (χ0v) is 15.6. The van der Waals surface area contributed by atoms with Crippen molar-refractivity contribution in [3.63, 3.8) is 0 Å². The third-order valence-electron chi connectivity index (χ3n) is 7.04. The fourth-order valence-electron chi connectivity index (χ4n) is 6.02. The Bertz CT molecular complexity index is 642. The minimum absolute atomic E-state index is 0.113. The second kappa shape index (κ2) is 7.06. The number of aliphatic hydroxyl groups excluding tert-OH is 2. The molecular formula is C22H31NO3. The van der Waals surface area contributed by atoms with E-state index in [4.69, 9.17) is 0 Å². The molecule has 3 fully saturated rings. The van der Waals surface area contributed by atoms with E-state index in [1.807, 2.05) is 18.2 Å². The molecule has 26 heavy (non-hydrogen) atoms. The first-order chi connectivity index (χ1) is 12.6. The van der Waals surface area contributed by atoms with Crippen LogP contribution >= 0.6 is 0 Å². The predicted molar refractivity (Wildman–Crippen MR) is 101 cm³/mol. The van der Waals surface area contributed by atoms with E-state index in [2.05, 4.69) is 17.0 Å². The molecule has 4 rings (SSSR count). The van der Waals surface area contributed by atoms with Crippen molar-refractivity contribution in [3.8, 4) is 0 Å². The fourth-order valence-corrected chi connectivity index (χ4v) is 6.02. The minimum Gasteiger partial charge on any atom is -0.396 e. The molecule has 1 aromatic rings. The Morgan fingerprint density at radius 2 is 1.69 bits per heavy atom. The number of carbonyl (C=O) groups excluding carboxylic acids is 1. The number of fused-ring (bicyclic) bond motifs is 2. The molecule has 3 aliphatic rings. The Morgan fingerprint density at radius 3 is 2.38 bits per heavy atom. The number of carbonyl (C=O) groups is 1. The van der Waals surface area contributed by atoms with Gasteiger partial charge in [0.2, 0.25) is 0 Å². The van der Waals surface area contributed by atoms with Crippen LogP contribution in [0.1, 0.15) is 44.1 Å². The maximum atomic E-state index is 12.6. The monoisotopic (exact) mass is 357 g/mol. The van der Waals surface area contributed by atoms with Crippen LogP contribution in [-0.2, 0) is 11.2 Å². The molecule has 0 radical (unpaired) electrons. The van der Waals surface area contributed by atoms with Crippen molar-refractivity contribution < 1.29 is 15.0 Å². The van der Waals surface area contributed by atoms with Crippen LogP contribution in [0.3, 0.4) is 0 Å². The van der Waals surface area contributed by atoms with Gasteiger partial charge in [-0.3, -0.25) is 4.79 Å². The molecule has 2 N–H and O–H groups in total. The van der Waals surface area contributed by atoms with Gasteiger partial charge in [0.15, 0.2) is 0 Å². The van der Waals surface area contributed by atoms with Gasteiger partial charge in [-0.15, -0.1) is 0 Å². The van der Waals surface area contributed by atoms with Crippen molar-refractivity contribution >= 4 is 5.78 Å². The Balaban J connectivity index is 1.64. The minimum atomic E-state index is -0.693. The lowest BCUT2D eigenvalue weighted by atomic mass is 9.55. The molecule has 4 nitrogen and oxygen atoms in total. The van der Waals surface area contributed by atoms with E-state index >= 15 is 0 Å². The highest BCUT2D eigenvalue weighted by atomic mass is 16.3. The number of likely N-dealkylation sites (tertiary alicyclic amines) is 1. The maximum absolute atomic E-state index is 12.6. The van der Waals surface area contributed by atoms with Crippen LogP contribution in [0, 0.1) is 16.7 Å². The van der Waals surface area contributed by atoms with Gasteiger partial charge in [0.05, 0.1) is 12.7 Å². The van der Waals surface area contributed by atoms with Crippen molar-refractivity contribution in [2.24, 2.45) is 16.7 Å². The summed E-state index contributed by atoms with van der Waals surface area (Å²) < 4.78 is 0. The second-order valence-electron chi connectivity index (χ2n) is 9.16. The predicted octanol–water partition coefficient (Wildman–Crippen LogP) is 2.42. The number of ketones is 1. The fraction of sp³-hybridized carbons (Fsp3) is 0.682. The SMILES string of the molecule is O=C1CC2(CO)CN(CC3CCCC3)CC(Cc3ccccc3)(C1)C2O. The van der Waals surface area contributed by atoms with Gasteiger partial charge in [-0.1, -0.05) is 43.2 Å². The molecule has 0 spiro atoms. The van der Waals surface area contributed by atoms with Gasteiger partial charge in [0.25, 0.3) is 0 Å². The van der Waals surface area contributed by atoms with Gasteiger partial charge in [0.1, 0.15) is 5.78 Å². The number of hydrogen-bond acceptors (Lipinski definition) is 4. The highest BCUT2D eigenvalue weighted by Gasteiger charge is 2.59. The summed E-state index contributed by atoms with van der Waals surface area (Å²) in [4.78, 5) is 15.0. The second-order valence-corrected chi connectivity index (χ2v) is 9.16. The molecule has 3 atom stereocenters. The molecule has 1 heterocycles. The Morgan fingerprint density at radius 1 is 1.04 bits per heavy atom. The Labute approximate surface area is 156 Å². The van der Waals surface area contributed by atoms with Crippen LogP contribution in [0.15, 0.2) is 30.3 Å². The number of piperidine rings is 1. The van der Waals surface area contributed by atoms with E-state index in [0.29, 0.717) is 25.8 Å². The topological polar surface area (TPSA) is 60.8 Å². The molecule has 2 aliphatic carbocycles. The number of benzene rings is 1. The first-order valence-electron chi connectivity index (χ1n) is 10.1. The van der Waals surface area contributed by atoms with E-state index in [0.717, 1.165) is 24.6 Å². The maximum Gasteiger partial charge on any atom is 0.134 e. The van der Waals surface area contributed by atoms with Crippen LogP contribution in [-0.4, -0.2) is 53.2 Å². The molecule has 3 unspecified atom stereocenters. The molecule has 1 aliphatic heterocycles. The Hall–Kier alpha value is -1.23. The molecule has 4 heteroatoms. The third kappa shape index (κ3) is 3.23. The van der Waals surface area contributed by atoms with Gasteiger partial charge < -0.3 is 15.1 Å². The average Bonchev–Trinajstić information content (AvgIpc) is 3.11. The Kier molecular flexibility index (Phi) is 4.93.